The Labute approximate surface area is 126 Å². The predicted molar refractivity (Wildman–Crippen MR) is 86.7 cm³/mol. The van der Waals surface area contributed by atoms with Crippen LogP contribution in [-0.2, 0) is 0 Å². The van der Waals surface area contributed by atoms with E-state index in [1.807, 2.05) is 0 Å². The molecular weight excluding hydrogens is 264 g/mol. The molecular formula is C19H21Cl. The van der Waals surface area contributed by atoms with E-state index in [0.717, 1.165) is 16.5 Å². The second-order valence-corrected chi connectivity index (χ2v) is 6.28. The standard InChI is InChI=1S/C19H21Cl/c1-3-14-10-11-17(18-7-5-4-6-16(14)18)15-9-8-13(2)19(20)12-15/h4-9,12,14,17H,3,10-11H2,1-2H3/t14-,17-/m0/s1. The molecule has 0 aliphatic heterocycles. The summed E-state index contributed by atoms with van der Waals surface area (Å²) >= 11 is 6.32. The van der Waals surface area contributed by atoms with Crippen LogP contribution in [0.3, 0.4) is 0 Å². The second kappa shape index (κ2) is 5.61. The van der Waals surface area contributed by atoms with Crippen molar-refractivity contribution in [3.05, 3.63) is 69.7 Å². The van der Waals surface area contributed by atoms with Crippen LogP contribution in [0, 0.1) is 6.92 Å². The zero-order chi connectivity index (χ0) is 14.1. The summed E-state index contributed by atoms with van der Waals surface area (Å²) in [6, 6.07) is 15.5. The Hall–Kier alpha value is -1.27. The van der Waals surface area contributed by atoms with Gasteiger partial charge in [0.2, 0.25) is 0 Å². The molecule has 1 heteroatoms. The van der Waals surface area contributed by atoms with Crippen LogP contribution in [0.25, 0.3) is 0 Å². The fraction of sp³-hybridized carbons (Fsp3) is 0.368. The monoisotopic (exact) mass is 284 g/mol. The van der Waals surface area contributed by atoms with Crippen molar-refractivity contribution in [3.8, 4) is 0 Å². The van der Waals surface area contributed by atoms with Gasteiger partial charge in [-0.2, -0.15) is 0 Å². The quantitative estimate of drug-likeness (QED) is 0.628. The largest absolute Gasteiger partial charge is 0.0840 e. The maximum Gasteiger partial charge on any atom is 0.0438 e. The van der Waals surface area contributed by atoms with Crippen LogP contribution in [0.4, 0.5) is 0 Å². The third kappa shape index (κ3) is 2.38. The SMILES string of the molecule is CC[C@H]1CC[C@@H](c2ccc(C)c(Cl)c2)c2ccccc21. The van der Waals surface area contributed by atoms with Gasteiger partial charge in [-0.05, 0) is 60.4 Å². The van der Waals surface area contributed by atoms with E-state index in [9.17, 15) is 0 Å². The van der Waals surface area contributed by atoms with E-state index in [1.54, 1.807) is 5.56 Å². The van der Waals surface area contributed by atoms with Gasteiger partial charge in [0.25, 0.3) is 0 Å². The highest BCUT2D eigenvalue weighted by Gasteiger charge is 2.27. The van der Waals surface area contributed by atoms with Gasteiger partial charge in [-0.25, -0.2) is 0 Å². The van der Waals surface area contributed by atoms with Crippen molar-refractivity contribution in [1.29, 1.82) is 0 Å². The number of hydrogen-bond donors (Lipinski definition) is 0. The third-order valence-corrected chi connectivity index (χ3v) is 5.11. The summed E-state index contributed by atoms with van der Waals surface area (Å²) in [4.78, 5) is 0. The number of aryl methyl sites for hydroxylation is 1. The molecule has 0 saturated carbocycles. The Morgan fingerprint density at radius 3 is 2.50 bits per heavy atom. The molecule has 2 aromatic rings. The molecule has 20 heavy (non-hydrogen) atoms. The van der Waals surface area contributed by atoms with Crippen molar-refractivity contribution in [1.82, 2.24) is 0 Å². The average molecular weight is 285 g/mol. The molecule has 1 aliphatic carbocycles. The zero-order valence-electron chi connectivity index (χ0n) is 12.2. The minimum atomic E-state index is 0.507. The summed E-state index contributed by atoms with van der Waals surface area (Å²) < 4.78 is 0. The number of hydrogen-bond acceptors (Lipinski definition) is 0. The lowest BCUT2D eigenvalue weighted by atomic mass is 9.73. The Bertz CT molecular complexity index is 615. The molecule has 0 aromatic heterocycles. The lowest BCUT2D eigenvalue weighted by Gasteiger charge is -2.31. The molecule has 1 aliphatic rings. The van der Waals surface area contributed by atoms with E-state index in [4.69, 9.17) is 11.6 Å². The first-order valence-electron chi connectivity index (χ1n) is 7.55. The molecule has 0 heterocycles. The van der Waals surface area contributed by atoms with Gasteiger partial charge in [0.05, 0.1) is 0 Å². The number of benzene rings is 2. The van der Waals surface area contributed by atoms with Crippen molar-refractivity contribution in [3.63, 3.8) is 0 Å². The minimum absolute atomic E-state index is 0.507. The van der Waals surface area contributed by atoms with Crippen LogP contribution in [0.1, 0.15) is 60.3 Å². The van der Waals surface area contributed by atoms with Crippen molar-refractivity contribution >= 4 is 11.6 Å². The van der Waals surface area contributed by atoms with Crippen molar-refractivity contribution < 1.29 is 0 Å². The van der Waals surface area contributed by atoms with Gasteiger partial charge in [0.1, 0.15) is 0 Å². The van der Waals surface area contributed by atoms with Gasteiger partial charge in [-0.3, -0.25) is 0 Å². The molecule has 0 unspecified atom stereocenters. The van der Waals surface area contributed by atoms with Gasteiger partial charge in [-0.15, -0.1) is 0 Å². The summed E-state index contributed by atoms with van der Waals surface area (Å²) in [5, 5.41) is 0.887. The molecule has 0 nitrogen and oxygen atoms in total. The van der Waals surface area contributed by atoms with Crippen LogP contribution in [0.15, 0.2) is 42.5 Å². The van der Waals surface area contributed by atoms with E-state index >= 15 is 0 Å². The van der Waals surface area contributed by atoms with E-state index in [-0.39, 0.29) is 0 Å². The minimum Gasteiger partial charge on any atom is -0.0840 e. The maximum absolute atomic E-state index is 6.32. The molecule has 2 atom stereocenters. The highest BCUT2D eigenvalue weighted by molar-refractivity contribution is 6.31. The molecule has 0 bridgehead atoms. The summed E-state index contributed by atoms with van der Waals surface area (Å²) in [5.41, 5.74) is 5.57. The molecule has 0 amide bonds. The van der Waals surface area contributed by atoms with Gasteiger partial charge >= 0.3 is 0 Å². The fourth-order valence-electron chi connectivity index (χ4n) is 3.47. The Balaban J connectivity index is 2.05. The molecule has 3 rings (SSSR count). The van der Waals surface area contributed by atoms with E-state index in [0.29, 0.717) is 5.92 Å². The predicted octanol–water partition coefficient (Wildman–Crippen LogP) is 6.07. The molecule has 0 spiro atoms. The molecule has 2 aromatic carbocycles. The lowest BCUT2D eigenvalue weighted by Crippen LogP contribution is -2.15. The third-order valence-electron chi connectivity index (χ3n) is 4.71. The van der Waals surface area contributed by atoms with E-state index < -0.39 is 0 Å². The summed E-state index contributed by atoms with van der Waals surface area (Å²) in [7, 11) is 0. The van der Waals surface area contributed by atoms with Gasteiger partial charge in [-0.1, -0.05) is 54.9 Å². The topological polar surface area (TPSA) is 0 Å². The number of halogens is 1. The van der Waals surface area contributed by atoms with Crippen LogP contribution in [-0.4, -0.2) is 0 Å². The van der Waals surface area contributed by atoms with Crippen molar-refractivity contribution in [2.24, 2.45) is 0 Å². The van der Waals surface area contributed by atoms with Gasteiger partial charge in [0.15, 0.2) is 0 Å². The molecule has 0 radical (unpaired) electrons. The summed E-state index contributed by atoms with van der Waals surface area (Å²) in [6.45, 7) is 4.36. The van der Waals surface area contributed by atoms with E-state index in [2.05, 4.69) is 56.3 Å². The first-order valence-corrected chi connectivity index (χ1v) is 7.93. The normalized spacial score (nSPS) is 21.6. The molecule has 0 fully saturated rings. The van der Waals surface area contributed by atoms with Gasteiger partial charge in [0, 0.05) is 10.9 Å². The van der Waals surface area contributed by atoms with Gasteiger partial charge < -0.3 is 0 Å². The van der Waals surface area contributed by atoms with Crippen molar-refractivity contribution in [2.75, 3.05) is 0 Å². The second-order valence-electron chi connectivity index (χ2n) is 5.87. The van der Waals surface area contributed by atoms with Crippen LogP contribution in [0.5, 0.6) is 0 Å². The maximum atomic E-state index is 6.32. The van der Waals surface area contributed by atoms with E-state index in [1.165, 1.54) is 30.4 Å². The smallest absolute Gasteiger partial charge is 0.0438 e. The highest BCUT2D eigenvalue weighted by atomic mass is 35.5. The Kier molecular flexibility index (Phi) is 3.85. The van der Waals surface area contributed by atoms with Crippen molar-refractivity contribution in [2.45, 2.75) is 44.9 Å². The highest BCUT2D eigenvalue weighted by Crippen LogP contribution is 2.43. The molecule has 0 N–H and O–H groups in total. The number of rotatable bonds is 2. The van der Waals surface area contributed by atoms with Crippen LogP contribution >= 0.6 is 11.6 Å². The van der Waals surface area contributed by atoms with Crippen LogP contribution < -0.4 is 0 Å². The number of fused-ring (bicyclic) bond motifs is 1. The van der Waals surface area contributed by atoms with Crippen LogP contribution in [0.2, 0.25) is 5.02 Å². The molecule has 104 valence electrons. The average Bonchev–Trinajstić information content (AvgIpc) is 2.49. The fourth-order valence-corrected chi connectivity index (χ4v) is 3.66. The summed E-state index contributed by atoms with van der Waals surface area (Å²) in [6.07, 6.45) is 3.75. The Morgan fingerprint density at radius 2 is 1.80 bits per heavy atom. The first-order chi connectivity index (χ1) is 9.70. The zero-order valence-corrected chi connectivity index (χ0v) is 13.0. The first kappa shape index (κ1) is 13.7. The molecule has 0 saturated heterocycles. The Morgan fingerprint density at radius 1 is 1.05 bits per heavy atom. The lowest BCUT2D eigenvalue weighted by molar-refractivity contribution is 0.506. The summed E-state index contributed by atoms with van der Waals surface area (Å²) in [5.74, 6) is 1.23.